The third-order valence-electron chi connectivity index (χ3n) is 7.88. The maximum Gasteiger partial charge on any atom is 0.260 e. The number of nitrogens with zero attached hydrogens (tertiary/aromatic N) is 1. The van der Waals surface area contributed by atoms with Crippen molar-refractivity contribution in [2.75, 3.05) is 6.54 Å². The molecule has 0 bridgehead atoms. The van der Waals surface area contributed by atoms with Crippen LogP contribution >= 0.6 is 11.8 Å². The molecule has 2 aromatic rings. The minimum absolute atomic E-state index is 0.0342. The largest absolute Gasteiger partial charge is 0.352 e. The number of hydrogen-bond acceptors (Lipinski definition) is 3. The lowest BCUT2D eigenvalue weighted by molar-refractivity contribution is -0.130. The van der Waals surface area contributed by atoms with Gasteiger partial charge in [-0.2, -0.15) is 0 Å². The highest BCUT2D eigenvalue weighted by Crippen LogP contribution is 2.42. The molecule has 1 saturated carbocycles. The number of carbonyl (C=O) groups is 2. The first kappa shape index (κ1) is 25.8. The third-order valence-corrected chi connectivity index (χ3v) is 9.28. The first-order valence-electron chi connectivity index (χ1n) is 13.9. The second-order valence-corrected chi connectivity index (χ2v) is 12.0. The van der Waals surface area contributed by atoms with Crippen molar-refractivity contribution in [3.63, 3.8) is 0 Å². The summed E-state index contributed by atoms with van der Waals surface area (Å²) in [5.74, 6) is 0.0978. The average molecular weight is 515 g/mol. The van der Waals surface area contributed by atoms with Crippen molar-refractivity contribution in [2.45, 2.75) is 82.5 Å². The summed E-state index contributed by atoms with van der Waals surface area (Å²) in [6.45, 7) is 3.43. The lowest BCUT2D eigenvalue weighted by Crippen LogP contribution is -2.50. The van der Waals surface area contributed by atoms with E-state index in [0.717, 1.165) is 29.7 Å². The summed E-state index contributed by atoms with van der Waals surface area (Å²) < 4.78 is 0. The second kappa shape index (κ2) is 12.2. The molecule has 194 valence electrons. The van der Waals surface area contributed by atoms with E-state index in [2.05, 4.69) is 47.5 Å². The van der Waals surface area contributed by atoms with E-state index < -0.39 is 0 Å². The van der Waals surface area contributed by atoms with Crippen LogP contribution < -0.4 is 5.32 Å². The van der Waals surface area contributed by atoms with Crippen molar-refractivity contribution >= 4 is 29.7 Å². The van der Waals surface area contributed by atoms with Gasteiger partial charge < -0.3 is 10.2 Å². The van der Waals surface area contributed by atoms with Crippen LogP contribution in [0.1, 0.15) is 84.8 Å². The first-order chi connectivity index (χ1) is 18.1. The zero-order chi connectivity index (χ0) is 25.6. The number of hydrogen-bond donors (Lipinski definition) is 1. The Hall–Kier alpha value is -2.79. The standard InChI is InChI=1S/C32H38N2O2S/c1-23-11-13-26(14-12-23)22-34-28-9-5-6-10-29(28)37-30(32(34)36)21-25-15-17-27(18-16-25)31(35)33-20-19-24-7-3-2-4-8-24/h7,11-18,21,28-29H,2-6,8-10,19-20,22H2,1H3,(H,33,35)/b30-21+. The van der Waals surface area contributed by atoms with Crippen LogP contribution in [-0.2, 0) is 11.3 Å². The van der Waals surface area contributed by atoms with Crippen LogP contribution in [0.4, 0.5) is 0 Å². The predicted octanol–water partition coefficient (Wildman–Crippen LogP) is 7.04. The van der Waals surface area contributed by atoms with Crippen molar-refractivity contribution in [3.8, 4) is 0 Å². The van der Waals surface area contributed by atoms with E-state index >= 15 is 0 Å². The smallest absolute Gasteiger partial charge is 0.260 e. The van der Waals surface area contributed by atoms with Gasteiger partial charge in [0.2, 0.25) is 0 Å². The highest BCUT2D eigenvalue weighted by Gasteiger charge is 2.40. The summed E-state index contributed by atoms with van der Waals surface area (Å²) in [5.41, 5.74) is 5.52. The summed E-state index contributed by atoms with van der Waals surface area (Å²) in [7, 11) is 0. The van der Waals surface area contributed by atoms with Gasteiger partial charge in [-0.25, -0.2) is 0 Å². The lowest BCUT2D eigenvalue weighted by atomic mass is 9.92. The van der Waals surface area contributed by atoms with Crippen LogP contribution in [0.3, 0.4) is 0 Å². The molecule has 4 nitrogen and oxygen atoms in total. The number of carbonyl (C=O) groups excluding carboxylic acids is 2. The van der Waals surface area contributed by atoms with Crippen LogP contribution in [0.25, 0.3) is 6.08 Å². The fraction of sp³-hybridized carbons (Fsp3) is 0.438. The minimum atomic E-state index is -0.0342. The average Bonchev–Trinajstić information content (AvgIpc) is 2.93. The molecule has 2 unspecified atom stereocenters. The normalized spacial score (nSPS) is 22.9. The number of aryl methyl sites for hydroxylation is 1. The number of rotatable bonds is 7. The van der Waals surface area contributed by atoms with Gasteiger partial charge in [0.1, 0.15) is 0 Å². The Kier molecular flexibility index (Phi) is 8.50. The van der Waals surface area contributed by atoms with Gasteiger partial charge in [0, 0.05) is 29.9 Å². The number of benzene rings is 2. The Morgan fingerprint density at radius 3 is 2.57 bits per heavy atom. The van der Waals surface area contributed by atoms with E-state index in [1.807, 2.05) is 30.3 Å². The Balaban J connectivity index is 1.25. The van der Waals surface area contributed by atoms with Gasteiger partial charge >= 0.3 is 0 Å². The van der Waals surface area contributed by atoms with Crippen molar-refractivity contribution in [1.29, 1.82) is 0 Å². The number of nitrogens with one attached hydrogen (secondary N) is 1. The summed E-state index contributed by atoms with van der Waals surface area (Å²) in [6, 6.07) is 16.5. The molecule has 0 aromatic heterocycles. The topological polar surface area (TPSA) is 49.4 Å². The van der Waals surface area contributed by atoms with Crippen LogP contribution in [0.5, 0.6) is 0 Å². The molecule has 1 heterocycles. The fourth-order valence-corrected chi connectivity index (χ4v) is 7.18. The van der Waals surface area contributed by atoms with E-state index in [4.69, 9.17) is 0 Å². The van der Waals surface area contributed by atoms with Crippen LogP contribution in [0, 0.1) is 6.92 Å². The molecule has 5 heteroatoms. The quantitative estimate of drug-likeness (QED) is 0.318. The molecular weight excluding hydrogens is 476 g/mol. The maximum atomic E-state index is 13.6. The van der Waals surface area contributed by atoms with E-state index in [9.17, 15) is 9.59 Å². The van der Waals surface area contributed by atoms with Crippen LogP contribution in [0.2, 0.25) is 0 Å². The molecule has 0 radical (unpaired) electrons. The molecule has 2 atom stereocenters. The van der Waals surface area contributed by atoms with E-state index in [1.54, 1.807) is 11.8 Å². The molecule has 5 rings (SSSR count). The SMILES string of the molecule is Cc1ccc(CN2C(=O)/C(=C\c3ccc(C(=O)NCCC4=CCCCC4)cc3)SC3CCCCC32)cc1. The highest BCUT2D eigenvalue weighted by molar-refractivity contribution is 8.04. The van der Waals surface area contributed by atoms with E-state index in [-0.39, 0.29) is 11.8 Å². The van der Waals surface area contributed by atoms with Gasteiger partial charge in [-0.15, -0.1) is 11.8 Å². The number of fused-ring (bicyclic) bond motifs is 1. The molecule has 2 fully saturated rings. The van der Waals surface area contributed by atoms with Crippen LogP contribution in [-0.4, -0.2) is 34.6 Å². The summed E-state index contributed by atoms with van der Waals surface area (Å²) in [5, 5.41) is 3.51. The Labute approximate surface area is 225 Å². The van der Waals surface area contributed by atoms with E-state index in [0.29, 0.717) is 29.9 Å². The molecule has 2 amide bonds. The van der Waals surface area contributed by atoms with Gasteiger partial charge in [0.15, 0.2) is 0 Å². The molecule has 1 N–H and O–H groups in total. The molecule has 2 aromatic carbocycles. The monoisotopic (exact) mass is 514 g/mol. The molecule has 3 aliphatic rings. The van der Waals surface area contributed by atoms with Crippen molar-refractivity contribution in [3.05, 3.63) is 87.3 Å². The number of allylic oxidation sites excluding steroid dienone is 1. The second-order valence-electron chi connectivity index (χ2n) is 10.7. The van der Waals surface area contributed by atoms with Gasteiger partial charge in [0.05, 0.1) is 4.91 Å². The molecule has 37 heavy (non-hydrogen) atoms. The molecule has 1 aliphatic heterocycles. The van der Waals surface area contributed by atoms with Gasteiger partial charge in [-0.3, -0.25) is 9.59 Å². The molecule has 0 spiro atoms. The molecule has 1 saturated heterocycles. The van der Waals surface area contributed by atoms with Crippen LogP contribution in [0.15, 0.2) is 65.1 Å². The Morgan fingerprint density at radius 1 is 1.03 bits per heavy atom. The first-order valence-corrected chi connectivity index (χ1v) is 14.8. The van der Waals surface area contributed by atoms with Gasteiger partial charge in [-0.05, 0) is 81.2 Å². The van der Waals surface area contributed by atoms with E-state index in [1.165, 1.54) is 55.2 Å². The Bertz CT molecular complexity index is 1170. The number of amides is 2. The zero-order valence-electron chi connectivity index (χ0n) is 21.9. The summed E-state index contributed by atoms with van der Waals surface area (Å²) in [6.07, 6.45) is 14.8. The third kappa shape index (κ3) is 6.56. The van der Waals surface area contributed by atoms with Gasteiger partial charge in [-0.1, -0.05) is 66.5 Å². The fourth-order valence-electron chi connectivity index (χ4n) is 5.70. The lowest BCUT2D eigenvalue weighted by Gasteiger charge is -2.44. The van der Waals surface area contributed by atoms with Crippen molar-refractivity contribution < 1.29 is 9.59 Å². The van der Waals surface area contributed by atoms with Crippen molar-refractivity contribution in [1.82, 2.24) is 10.2 Å². The van der Waals surface area contributed by atoms with Gasteiger partial charge in [0.25, 0.3) is 11.8 Å². The highest BCUT2D eigenvalue weighted by atomic mass is 32.2. The Morgan fingerprint density at radius 2 is 1.81 bits per heavy atom. The maximum absolute atomic E-state index is 13.6. The summed E-state index contributed by atoms with van der Waals surface area (Å²) >= 11 is 1.76. The summed E-state index contributed by atoms with van der Waals surface area (Å²) in [4.78, 5) is 29.2. The molecular formula is C32H38N2O2S. The van der Waals surface area contributed by atoms with Crippen molar-refractivity contribution in [2.24, 2.45) is 0 Å². The minimum Gasteiger partial charge on any atom is -0.352 e. The number of thioether (sulfide) groups is 1. The zero-order valence-corrected chi connectivity index (χ0v) is 22.7. The predicted molar refractivity (Wildman–Crippen MR) is 153 cm³/mol. The molecule has 2 aliphatic carbocycles.